The highest BCUT2D eigenvalue weighted by Gasteiger charge is 2.12. The summed E-state index contributed by atoms with van der Waals surface area (Å²) >= 11 is 0. The number of hydrogen-bond acceptors (Lipinski definition) is 3. The van der Waals surface area contributed by atoms with Crippen LogP contribution in [-0.2, 0) is 11.3 Å². The molecule has 0 radical (unpaired) electrons. The Morgan fingerprint density at radius 2 is 1.86 bits per heavy atom. The van der Waals surface area contributed by atoms with Gasteiger partial charge in [0.2, 0.25) is 0 Å². The van der Waals surface area contributed by atoms with E-state index < -0.39 is 23.4 Å². The fourth-order valence-electron chi connectivity index (χ4n) is 1.77. The van der Waals surface area contributed by atoms with Crippen LogP contribution in [0.5, 0.6) is 0 Å². The van der Waals surface area contributed by atoms with Crippen molar-refractivity contribution in [1.82, 2.24) is 0 Å². The number of rotatable bonds is 4. The average Bonchev–Trinajstić information content (AvgIpc) is 2.47. The maximum absolute atomic E-state index is 13.7. The molecule has 0 aliphatic rings. The van der Waals surface area contributed by atoms with E-state index in [1.54, 1.807) is 0 Å². The third-order valence-electron chi connectivity index (χ3n) is 2.85. The van der Waals surface area contributed by atoms with Crippen LogP contribution < -0.4 is 5.32 Å². The predicted octanol–water partition coefficient (Wildman–Crippen LogP) is 3.50. The molecule has 2 rings (SSSR count). The summed E-state index contributed by atoms with van der Waals surface area (Å²) in [5.74, 6) is -2.70. The van der Waals surface area contributed by atoms with E-state index in [1.807, 2.05) is 0 Å². The molecular weight excluding hydrogens is 283 g/mol. The lowest BCUT2D eigenvalue weighted by atomic mass is 10.1. The third kappa shape index (κ3) is 3.53. The average molecular weight is 295 g/mol. The van der Waals surface area contributed by atoms with Crippen molar-refractivity contribution in [2.75, 3.05) is 12.4 Å². The minimum absolute atomic E-state index is 0.0209. The molecule has 0 heterocycles. The number of esters is 1. The van der Waals surface area contributed by atoms with Gasteiger partial charge >= 0.3 is 5.97 Å². The van der Waals surface area contributed by atoms with Gasteiger partial charge in [0.05, 0.1) is 18.4 Å². The zero-order valence-corrected chi connectivity index (χ0v) is 11.1. The molecule has 0 atom stereocenters. The van der Waals surface area contributed by atoms with E-state index >= 15 is 0 Å². The first-order chi connectivity index (χ1) is 10.0. The summed E-state index contributed by atoms with van der Waals surface area (Å²) in [7, 11) is 1.16. The summed E-state index contributed by atoms with van der Waals surface area (Å²) < 4.78 is 44.5. The van der Waals surface area contributed by atoms with Gasteiger partial charge in [0.1, 0.15) is 17.5 Å². The van der Waals surface area contributed by atoms with E-state index in [2.05, 4.69) is 10.1 Å². The highest BCUT2D eigenvalue weighted by atomic mass is 19.1. The molecule has 0 saturated carbocycles. The van der Waals surface area contributed by atoms with Crippen LogP contribution in [0.2, 0.25) is 0 Å². The number of halogens is 3. The second-order valence-corrected chi connectivity index (χ2v) is 4.28. The molecule has 2 aromatic rings. The van der Waals surface area contributed by atoms with Crippen LogP contribution in [0.3, 0.4) is 0 Å². The molecule has 0 unspecified atom stereocenters. The van der Waals surface area contributed by atoms with Crippen molar-refractivity contribution in [2.24, 2.45) is 0 Å². The number of ether oxygens (including phenoxy) is 1. The first-order valence-corrected chi connectivity index (χ1v) is 6.07. The molecule has 21 heavy (non-hydrogen) atoms. The van der Waals surface area contributed by atoms with Gasteiger partial charge in [0, 0.05) is 6.54 Å². The largest absolute Gasteiger partial charge is 0.465 e. The van der Waals surface area contributed by atoms with Gasteiger partial charge in [-0.25, -0.2) is 18.0 Å². The second-order valence-electron chi connectivity index (χ2n) is 4.28. The SMILES string of the molecule is COC(=O)c1ccc(CNc2cc(F)ccc2F)cc1F. The van der Waals surface area contributed by atoms with Gasteiger partial charge in [-0.2, -0.15) is 0 Å². The number of benzene rings is 2. The topological polar surface area (TPSA) is 38.3 Å². The van der Waals surface area contributed by atoms with E-state index in [9.17, 15) is 18.0 Å². The van der Waals surface area contributed by atoms with Crippen LogP contribution in [0.15, 0.2) is 36.4 Å². The zero-order chi connectivity index (χ0) is 15.4. The van der Waals surface area contributed by atoms with Gasteiger partial charge in [-0.1, -0.05) is 6.07 Å². The molecular formula is C15H12F3NO2. The van der Waals surface area contributed by atoms with Gasteiger partial charge in [-0.05, 0) is 35.9 Å². The molecule has 0 saturated heterocycles. The van der Waals surface area contributed by atoms with Crippen LogP contribution in [0, 0.1) is 17.5 Å². The molecule has 0 fully saturated rings. The summed E-state index contributed by atoms with van der Waals surface area (Å²) in [5.41, 5.74) is 0.273. The molecule has 2 aromatic carbocycles. The first-order valence-electron chi connectivity index (χ1n) is 6.07. The summed E-state index contributed by atoms with van der Waals surface area (Å²) in [6.45, 7) is 0.0821. The van der Waals surface area contributed by atoms with Crippen molar-refractivity contribution >= 4 is 11.7 Å². The standard InChI is InChI=1S/C15H12F3NO2/c1-21-15(20)11-4-2-9(6-13(11)18)8-19-14-7-10(16)3-5-12(14)17/h2-7,19H,8H2,1H3. The van der Waals surface area contributed by atoms with Gasteiger partial charge in [-0.3, -0.25) is 0 Å². The van der Waals surface area contributed by atoms with Crippen molar-refractivity contribution in [3.8, 4) is 0 Å². The van der Waals surface area contributed by atoms with E-state index in [0.717, 1.165) is 31.4 Å². The Hall–Kier alpha value is -2.50. The molecule has 0 aliphatic carbocycles. The summed E-state index contributed by atoms with van der Waals surface area (Å²) in [6, 6.07) is 6.93. The lowest BCUT2D eigenvalue weighted by molar-refractivity contribution is 0.0595. The van der Waals surface area contributed by atoms with Crippen LogP contribution in [0.25, 0.3) is 0 Å². The van der Waals surface area contributed by atoms with Crippen molar-refractivity contribution in [2.45, 2.75) is 6.54 Å². The molecule has 3 nitrogen and oxygen atoms in total. The predicted molar refractivity (Wildman–Crippen MR) is 71.4 cm³/mol. The Kier molecular flexibility index (Phi) is 4.47. The van der Waals surface area contributed by atoms with Gasteiger partial charge in [0.25, 0.3) is 0 Å². The molecule has 6 heteroatoms. The Balaban J connectivity index is 2.12. The normalized spacial score (nSPS) is 10.3. The Morgan fingerprint density at radius 3 is 2.52 bits per heavy atom. The Labute approximate surface area is 119 Å². The summed E-state index contributed by atoms with van der Waals surface area (Å²) in [6.07, 6.45) is 0. The van der Waals surface area contributed by atoms with E-state index in [-0.39, 0.29) is 17.8 Å². The minimum atomic E-state index is -0.775. The van der Waals surface area contributed by atoms with Crippen LogP contribution in [0.4, 0.5) is 18.9 Å². The third-order valence-corrected chi connectivity index (χ3v) is 2.85. The van der Waals surface area contributed by atoms with Crippen molar-refractivity contribution < 1.29 is 22.7 Å². The number of carbonyl (C=O) groups is 1. The quantitative estimate of drug-likeness (QED) is 0.877. The molecule has 0 aromatic heterocycles. The summed E-state index contributed by atoms with van der Waals surface area (Å²) in [5, 5.41) is 2.66. The van der Waals surface area contributed by atoms with Gasteiger partial charge in [0.15, 0.2) is 0 Å². The fourth-order valence-corrected chi connectivity index (χ4v) is 1.77. The number of hydrogen-bond donors (Lipinski definition) is 1. The highest BCUT2D eigenvalue weighted by Crippen LogP contribution is 2.17. The van der Waals surface area contributed by atoms with Crippen LogP contribution >= 0.6 is 0 Å². The summed E-state index contributed by atoms with van der Waals surface area (Å²) in [4.78, 5) is 11.2. The lowest BCUT2D eigenvalue weighted by Crippen LogP contribution is -2.07. The number of carbonyl (C=O) groups excluding carboxylic acids is 1. The highest BCUT2D eigenvalue weighted by molar-refractivity contribution is 5.89. The maximum Gasteiger partial charge on any atom is 0.340 e. The van der Waals surface area contributed by atoms with Crippen molar-refractivity contribution in [1.29, 1.82) is 0 Å². The van der Waals surface area contributed by atoms with Crippen LogP contribution in [0.1, 0.15) is 15.9 Å². The zero-order valence-electron chi connectivity index (χ0n) is 11.1. The monoisotopic (exact) mass is 295 g/mol. The Bertz CT molecular complexity index is 674. The molecule has 0 spiro atoms. The second kappa shape index (κ2) is 6.30. The molecule has 110 valence electrons. The van der Waals surface area contributed by atoms with Crippen molar-refractivity contribution in [3.63, 3.8) is 0 Å². The van der Waals surface area contributed by atoms with E-state index in [4.69, 9.17) is 0 Å². The number of methoxy groups -OCH3 is 1. The molecule has 1 N–H and O–H groups in total. The van der Waals surface area contributed by atoms with Gasteiger partial charge < -0.3 is 10.1 Å². The lowest BCUT2D eigenvalue weighted by Gasteiger charge is -2.09. The number of nitrogens with one attached hydrogen (secondary N) is 1. The van der Waals surface area contributed by atoms with Crippen LogP contribution in [-0.4, -0.2) is 13.1 Å². The van der Waals surface area contributed by atoms with E-state index in [0.29, 0.717) is 5.56 Å². The Morgan fingerprint density at radius 1 is 1.10 bits per heavy atom. The van der Waals surface area contributed by atoms with Gasteiger partial charge in [-0.15, -0.1) is 0 Å². The minimum Gasteiger partial charge on any atom is -0.465 e. The number of anilines is 1. The first kappa shape index (κ1) is 14.9. The van der Waals surface area contributed by atoms with Crippen molar-refractivity contribution in [3.05, 3.63) is 65.0 Å². The molecule has 0 aliphatic heterocycles. The molecule has 0 bridgehead atoms. The fraction of sp³-hybridized carbons (Fsp3) is 0.133. The smallest absolute Gasteiger partial charge is 0.340 e. The molecule has 0 amide bonds. The maximum atomic E-state index is 13.7. The van der Waals surface area contributed by atoms with E-state index in [1.165, 1.54) is 12.1 Å².